The molecule has 0 atom stereocenters. The minimum atomic E-state index is -1.27. The molecule has 0 aliphatic heterocycles. The maximum absolute atomic E-state index is 10.4. The molecule has 0 fully saturated rings. The summed E-state index contributed by atoms with van der Waals surface area (Å²) < 4.78 is 0. The Kier molecular flexibility index (Phi) is 20.8. The second-order valence-electron chi connectivity index (χ2n) is 3.74. The average molecular weight is 308 g/mol. The van der Waals surface area contributed by atoms with E-state index in [2.05, 4.69) is 0 Å². The van der Waals surface area contributed by atoms with Crippen molar-refractivity contribution in [1.82, 2.24) is 9.80 Å². The van der Waals surface area contributed by atoms with Gasteiger partial charge in [0.1, 0.15) is 0 Å². The van der Waals surface area contributed by atoms with E-state index in [0.29, 0.717) is 0 Å². The van der Waals surface area contributed by atoms with Gasteiger partial charge in [-0.25, -0.2) is 0 Å². The summed E-state index contributed by atoms with van der Waals surface area (Å²) in [5, 5.41) is 38.4. The van der Waals surface area contributed by atoms with Gasteiger partial charge >= 0.3 is 59.1 Å². The van der Waals surface area contributed by atoms with E-state index >= 15 is 0 Å². The zero-order chi connectivity index (χ0) is 14.0. The van der Waals surface area contributed by atoms with Crippen molar-refractivity contribution < 1.29 is 89.1 Å². The Balaban J connectivity index is -0.00000144. The van der Waals surface area contributed by atoms with E-state index in [4.69, 9.17) is 10.2 Å². The Morgan fingerprint density at radius 3 is 1.25 bits per heavy atom. The van der Waals surface area contributed by atoms with Crippen LogP contribution >= 0.6 is 0 Å². The molecule has 0 unspecified atom stereocenters. The molecular formula is C10H18N2Na2O6. The first-order valence-electron chi connectivity index (χ1n) is 5.55. The van der Waals surface area contributed by atoms with Gasteiger partial charge < -0.3 is 30.0 Å². The molecular weight excluding hydrogens is 290 g/mol. The molecule has 0 heterocycles. The Morgan fingerprint density at radius 2 is 1.05 bits per heavy atom. The molecule has 0 radical (unpaired) electrons. The quantitative estimate of drug-likeness (QED) is 0.360. The third-order valence-electron chi connectivity index (χ3n) is 2.27. The van der Waals surface area contributed by atoms with Crippen LogP contribution in [0, 0.1) is 0 Å². The monoisotopic (exact) mass is 308 g/mol. The zero-order valence-electron chi connectivity index (χ0n) is 12.1. The summed E-state index contributed by atoms with van der Waals surface area (Å²) in [7, 11) is 0. The molecule has 0 saturated heterocycles. The average Bonchev–Trinajstić information content (AvgIpc) is 2.24. The van der Waals surface area contributed by atoms with E-state index in [9.17, 15) is 19.8 Å². The van der Waals surface area contributed by atoms with E-state index in [0.717, 1.165) is 0 Å². The van der Waals surface area contributed by atoms with Gasteiger partial charge in [-0.3, -0.25) is 9.80 Å². The van der Waals surface area contributed by atoms with Crippen LogP contribution < -0.4 is 69.3 Å². The summed E-state index contributed by atoms with van der Waals surface area (Å²) in [5.74, 6) is -2.53. The molecule has 0 aromatic carbocycles. The molecule has 0 amide bonds. The van der Waals surface area contributed by atoms with Gasteiger partial charge in [0.15, 0.2) is 0 Å². The van der Waals surface area contributed by atoms with Crippen molar-refractivity contribution in [2.75, 3.05) is 52.5 Å². The van der Waals surface area contributed by atoms with Crippen molar-refractivity contribution in [3.8, 4) is 0 Å². The molecule has 0 rings (SSSR count). The van der Waals surface area contributed by atoms with E-state index in [1.54, 1.807) is 0 Å². The van der Waals surface area contributed by atoms with Crippen molar-refractivity contribution in [2.45, 2.75) is 0 Å². The van der Waals surface area contributed by atoms with Crippen molar-refractivity contribution in [2.24, 2.45) is 0 Å². The van der Waals surface area contributed by atoms with E-state index < -0.39 is 11.9 Å². The van der Waals surface area contributed by atoms with Crippen LogP contribution in [0.25, 0.3) is 0 Å². The number of hydrogen-bond donors (Lipinski definition) is 2. The van der Waals surface area contributed by atoms with E-state index in [1.165, 1.54) is 9.80 Å². The molecule has 0 saturated carbocycles. The van der Waals surface area contributed by atoms with Gasteiger partial charge in [0.05, 0.1) is 25.2 Å². The third-order valence-corrected chi connectivity index (χ3v) is 2.27. The fraction of sp³-hybridized carbons (Fsp3) is 0.800. The Hall–Kier alpha value is 0.780. The second-order valence-corrected chi connectivity index (χ2v) is 3.74. The molecule has 0 aliphatic rings. The Bertz CT molecular complexity index is 244. The van der Waals surface area contributed by atoms with Crippen molar-refractivity contribution in [1.29, 1.82) is 0 Å². The third kappa shape index (κ3) is 15.2. The van der Waals surface area contributed by atoms with Crippen molar-refractivity contribution in [3.63, 3.8) is 0 Å². The molecule has 0 spiro atoms. The van der Waals surface area contributed by atoms with Crippen LogP contribution in [0.1, 0.15) is 0 Å². The smallest absolute Gasteiger partial charge is 0.549 e. The minimum Gasteiger partial charge on any atom is -0.549 e. The molecule has 0 aromatic rings. The van der Waals surface area contributed by atoms with Crippen LogP contribution in [0.5, 0.6) is 0 Å². The maximum atomic E-state index is 10.4. The Morgan fingerprint density at radius 1 is 0.750 bits per heavy atom. The molecule has 2 N–H and O–H groups in total. The molecule has 0 aliphatic carbocycles. The van der Waals surface area contributed by atoms with E-state index in [1.807, 2.05) is 0 Å². The van der Waals surface area contributed by atoms with Gasteiger partial charge in [-0.15, -0.1) is 0 Å². The fourth-order valence-electron chi connectivity index (χ4n) is 1.47. The van der Waals surface area contributed by atoms with Gasteiger partial charge in [-0.05, 0) is 0 Å². The van der Waals surface area contributed by atoms with Crippen LogP contribution in [0.3, 0.4) is 0 Å². The normalized spacial score (nSPS) is 10.0. The first-order valence-corrected chi connectivity index (χ1v) is 5.55. The van der Waals surface area contributed by atoms with Crippen molar-refractivity contribution >= 4 is 11.9 Å². The molecule has 106 valence electrons. The summed E-state index contributed by atoms with van der Waals surface area (Å²) in [5.41, 5.74) is 0. The zero-order valence-corrected chi connectivity index (χ0v) is 16.1. The number of aliphatic carboxylic acids is 2. The number of carbonyl (C=O) groups excluding carboxylic acids is 2. The Labute approximate surface area is 162 Å². The van der Waals surface area contributed by atoms with Crippen LogP contribution in [-0.4, -0.2) is 84.4 Å². The van der Waals surface area contributed by atoms with Gasteiger partial charge in [0.2, 0.25) is 0 Å². The summed E-state index contributed by atoms with van der Waals surface area (Å²) in [6, 6.07) is 0. The molecule has 20 heavy (non-hydrogen) atoms. The SMILES string of the molecule is O=C([O-])CN(CCO)CCN(CCO)CC(=O)[O-].[Na+].[Na+]. The first-order chi connectivity index (χ1) is 8.49. The number of hydrogen-bond acceptors (Lipinski definition) is 8. The van der Waals surface area contributed by atoms with Gasteiger partial charge in [-0.2, -0.15) is 0 Å². The van der Waals surface area contributed by atoms with Crippen LogP contribution in [0.4, 0.5) is 0 Å². The number of nitrogens with zero attached hydrogens (tertiary/aromatic N) is 2. The van der Waals surface area contributed by atoms with Crippen LogP contribution in [-0.2, 0) is 9.59 Å². The van der Waals surface area contributed by atoms with Crippen molar-refractivity contribution in [3.05, 3.63) is 0 Å². The van der Waals surface area contributed by atoms with Gasteiger partial charge in [0, 0.05) is 39.3 Å². The van der Waals surface area contributed by atoms with Gasteiger partial charge in [0.25, 0.3) is 0 Å². The summed E-state index contributed by atoms with van der Waals surface area (Å²) >= 11 is 0. The maximum Gasteiger partial charge on any atom is 1.00 e. The molecule has 8 nitrogen and oxygen atoms in total. The molecule has 10 heteroatoms. The number of aliphatic hydroxyl groups is 2. The number of aliphatic hydroxyl groups excluding tert-OH is 2. The predicted octanol–water partition coefficient (Wildman–Crippen LogP) is -10.9. The topological polar surface area (TPSA) is 127 Å². The second kappa shape index (κ2) is 16.2. The molecule has 0 bridgehead atoms. The largest absolute Gasteiger partial charge is 1.00 e. The fourth-order valence-corrected chi connectivity index (χ4v) is 1.47. The van der Waals surface area contributed by atoms with Crippen LogP contribution in [0.2, 0.25) is 0 Å². The van der Waals surface area contributed by atoms with Crippen LogP contribution in [0.15, 0.2) is 0 Å². The summed E-state index contributed by atoms with van der Waals surface area (Å²) in [6.45, 7) is -0.249. The standard InChI is InChI=1S/C10H20N2O6.2Na/c13-5-3-11(7-9(15)16)1-2-12(4-6-14)8-10(17)18;;/h13-14H,1-8H2,(H,15,16)(H,17,18);;/q;2*+1/p-2. The predicted molar refractivity (Wildman–Crippen MR) is 57.1 cm³/mol. The summed E-state index contributed by atoms with van der Waals surface area (Å²) in [6.07, 6.45) is 0. The number of carboxylic acid groups (broad SMARTS) is 2. The first kappa shape index (κ1) is 25.7. The van der Waals surface area contributed by atoms with Gasteiger partial charge in [-0.1, -0.05) is 0 Å². The number of rotatable bonds is 11. The van der Waals surface area contributed by atoms with E-state index in [-0.39, 0.29) is 112 Å². The molecule has 0 aromatic heterocycles. The number of carbonyl (C=O) groups is 2. The number of carboxylic acids is 2. The minimum absolute atomic E-state index is 0. The summed E-state index contributed by atoms with van der Waals surface area (Å²) in [4.78, 5) is 23.7.